The van der Waals surface area contributed by atoms with Crippen LogP contribution in [0, 0.1) is 0 Å². The number of hydrogen-bond donors (Lipinski definition) is 1. The lowest BCUT2D eigenvalue weighted by Gasteiger charge is -2.13. The van der Waals surface area contributed by atoms with Crippen molar-refractivity contribution in [3.8, 4) is 0 Å². The third-order valence-electron chi connectivity index (χ3n) is 2.58. The third-order valence-corrected chi connectivity index (χ3v) is 2.58. The Morgan fingerprint density at radius 1 is 1.57 bits per heavy atom. The number of carbonyl (C=O) groups is 1. The molecule has 2 rings (SSSR count). The first kappa shape index (κ1) is 9.45. The number of likely N-dealkylation sites (tertiary alicyclic amines) is 1. The molecule has 78 valence electrons. The smallest absolute Gasteiger partial charge is 0.271 e. The minimum Gasteiger partial charge on any atom is -0.392 e. The van der Waals surface area contributed by atoms with Crippen molar-refractivity contribution in [3.63, 3.8) is 0 Å². The first-order valence-electron chi connectivity index (χ1n) is 4.94. The van der Waals surface area contributed by atoms with Gasteiger partial charge in [-0.1, -0.05) is 5.16 Å². The zero-order chi connectivity index (χ0) is 9.97. The molecule has 1 amide bonds. The van der Waals surface area contributed by atoms with Gasteiger partial charge in [-0.2, -0.15) is 0 Å². The number of nitrogens with zero attached hydrogens (tertiary/aromatic N) is 2. The Hall–Kier alpha value is -1.10. The van der Waals surface area contributed by atoms with E-state index >= 15 is 0 Å². The van der Waals surface area contributed by atoms with Gasteiger partial charge in [-0.05, 0) is 12.8 Å². The van der Waals surface area contributed by atoms with Crippen molar-refractivity contribution in [1.82, 2.24) is 4.90 Å². The molecular weight excluding hydrogens is 184 g/mol. The maximum atomic E-state index is 11.7. The quantitative estimate of drug-likeness (QED) is 0.665. The van der Waals surface area contributed by atoms with E-state index in [0.29, 0.717) is 12.1 Å². The number of aliphatic hydroxyl groups is 1. The molecule has 1 N–H and O–H groups in total. The van der Waals surface area contributed by atoms with Crippen molar-refractivity contribution in [2.75, 3.05) is 19.7 Å². The number of carbonyl (C=O) groups excluding carboxylic acids is 1. The van der Waals surface area contributed by atoms with Gasteiger partial charge in [0.25, 0.3) is 5.91 Å². The molecule has 0 aromatic carbocycles. The van der Waals surface area contributed by atoms with Gasteiger partial charge in [-0.25, -0.2) is 0 Å². The van der Waals surface area contributed by atoms with Gasteiger partial charge in [-0.3, -0.25) is 4.79 Å². The molecule has 0 bridgehead atoms. The van der Waals surface area contributed by atoms with Crippen molar-refractivity contribution >= 4 is 11.6 Å². The van der Waals surface area contributed by atoms with Crippen LogP contribution in [0.4, 0.5) is 0 Å². The normalized spacial score (nSPS) is 26.2. The fourth-order valence-corrected chi connectivity index (χ4v) is 1.76. The second kappa shape index (κ2) is 3.96. The van der Waals surface area contributed by atoms with E-state index in [2.05, 4.69) is 5.16 Å². The minimum absolute atomic E-state index is 0.0292. The Labute approximate surface area is 82.3 Å². The average molecular weight is 198 g/mol. The monoisotopic (exact) mass is 198 g/mol. The predicted molar refractivity (Wildman–Crippen MR) is 49.8 cm³/mol. The van der Waals surface area contributed by atoms with Crippen molar-refractivity contribution in [2.24, 2.45) is 5.16 Å². The molecule has 0 aromatic heterocycles. The van der Waals surface area contributed by atoms with Crippen LogP contribution in [0.5, 0.6) is 0 Å². The molecule has 2 aliphatic rings. The Kier molecular flexibility index (Phi) is 2.67. The van der Waals surface area contributed by atoms with Crippen molar-refractivity contribution in [3.05, 3.63) is 0 Å². The molecule has 2 aliphatic heterocycles. The zero-order valence-electron chi connectivity index (χ0n) is 7.98. The molecule has 0 spiro atoms. The average Bonchev–Trinajstić information content (AvgIpc) is 2.88. The summed E-state index contributed by atoms with van der Waals surface area (Å²) in [5, 5.41) is 12.5. The Morgan fingerprint density at radius 3 is 2.86 bits per heavy atom. The summed E-state index contributed by atoms with van der Waals surface area (Å²) in [6.45, 7) is 1.56. The van der Waals surface area contributed by atoms with E-state index in [1.165, 1.54) is 0 Å². The first-order chi connectivity index (χ1) is 6.81. The van der Waals surface area contributed by atoms with Crippen molar-refractivity contribution in [2.45, 2.75) is 25.4 Å². The van der Waals surface area contributed by atoms with E-state index in [4.69, 9.17) is 9.94 Å². The van der Waals surface area contributed by atoms with Gasteiger partial charge in [0.15, 0.2) is 6.10 Å². The second-order valence-corrected chi connectivity index (χ2v) is 3.65. The summed E-state index contributed by atoms with van der Waals surface area (Å²) in [6.07, 6.45) is 2.26. The molecule has 0 aliphatic carbocycles. The van der Waals surface area contributed by atoms with Crippen LogP contribution in [0.1, 0.15) is 19.3 Å². The van der Waals surface area contributed by atoms with E-state index < -0.39 is 0 Å². The molecular formula is C9H14N2O3. The van der Waals surface area contributed by atoms with E-state index in [0.717, 1.165) is 25.9 Å². The molecule has 1 fully saturated rings. The number of aliphatic hydroxyl groups excluding tert-OH is 1. The summed E-state index contributed by atoms with van der Waals surface area (Å²) < 4.78 is 0. The number of rotatable bonds is 2. The lowest BCUT2D eigenvalue weighted by atomic mass is 10.2. The van der Waals surface area contributed by atoms with Crippen molar-refractivity contribution in [1.29, 1.82) is 0 Å². The number of hydrogen-bond acceptors (Lipinski definition) is 4. The van der Waals surface area contributed by atoms with Gasteiger partial charge in [0.2, 0.25) is 0 Å². The van der Waals surface area contributed by atoms with E-state index in [9.17, 15) is 4.79 Å². The summed E-state index contributed by atoms with van der Waals surface area (Å²) in [7, 11) is 0. The number of oxime groups is 1. The van der Waals surface area contributed by atoms with E-state index in [1.807, 2.05) is 0 Å². The molecule has 0 aromatic rings. The first-order valence-corrected chi connectivity index (χ1v) is 4.94. The van der Waals surface area contributed by atoms with Crippen molar-refractivity contribution < 1.29 is 14.7 Å². The van der Waals surface area contributed by atoms with E-state index in [-0.39, 0.29) is 18.6 Å². The van der Waals surface area contributed by atoms with Crippen LogP contribution < -0.4 is 0 Å². The minimum atomic E-state index is -0.323. The van der Waals surface area contributed by atoms with Gasteiger partial charge in [0.05, 0.1) is 6.61 Å². The Bertz CT molecular complexity index is 259. The van der Waals surface area contributed by atoms with Gasteiger partial charge >= 0.3 is 0 Å². The van der Waals surface area contributed by atoms with Crippen LogP contribution in [0.25, 0.3) is 0 Å². The van der Waals surface area contributed by atoms with Crippen LogP contribution in [0.2, 0.25) is 0 Å². The highest BCUT2D eigenvalue weighted by molar-refractivity contribution is 6.39. The Morgan fingerprint density at radius 2 is 2.29 bits per heavy atom. The molecule has 0 radical (unpaired) electrons. The standard InChI is InChI=1S/C9H14N2O3/c12-6-7-5-8(10-14-7)9(13)11-3-1-2-4-11/h7,12H,1-6H2/t7-/m1/s1. The summed E-state index contributed by atoms with van der Waals surface area (Å²) in [5.74, 6) is -0.0292. The zero-order valence-corrected chi connectivity index (χ0v) is 7.98. The highest BCUT2D eigenvalue weighted by Crippen LogP contribution is 2.14. The summed E-state index contributed by atoms with van der Waals surface area (Å²) in [5.41, 5.74) is 0.450. The highest BCUT2D eigenvalue weighted by Gasteiger charge is 2.29. The van der Waals surface area contributed by atoms with Gasteiger partial charge < -0.3 is 14.8 Å². The van der Waals surface area contributed by atoms with Crippen LogP contribution in [0.3, 0.4) is 0 Å². The highest BCUT2D eigenvalue weighted by atomic mass is 16.6. The Balaban J connectivity index is 1.92. The lowest BCUT2D eigenvalue weighted by molar-refractivity contribution is -0.123. The lowest BCUT2D eigenvalue weighted by Crippen LogP contribution is -2.34. The second-order valence-electron chi connectivity index (χ2n) is 3.65. The molecule has 5 heteroatoms. The largest absolute Gasteiger partial charge is 0.392 e. The van der Waals surface area contributed by atoms with Crippen LogP contribution in [-0.4, -0.2) is 47.4 Å². The van der Waals surface area contributed by atoms with Crippen LogP contribution >= 0.6 is 0 Å². The van der Waals surface area contributed by atoms with Gasteiger partial charge in [-0.15, -0.1) is 0 Å². The third kappa shape index (κ3) is 1.72. The maximum Gasteiger partial charge on any atom is 0.271 e. The molecule has 1 atom stereocenters. The molecule has 1 saturated heterocycles. The van der Waals surface area contributed by atoms with Crippen LogP contribution in [-0.2, 0) is 9.63 Å². The summed E-state index contributed by atoms with van der Waals surface area (Å²) in [6, 6.07) is 0. The molecule has 14 heavy (non-hydrogen) atoms. The summed E-state index contributed by atoms with van der Waals surface area (Å²) in [4.78, 5) is 18.4. The summed E-state index contributed by atoms with van der Waals surface area (Å²) >= 11 is 0. The molecule has 5 nitrogen and oxygen atoms in total. The van der Waals surface area contributed by atoms with Gasteiger partial charge in [0.1, 0.15) is 5.71 Å². The number of amides is 1. The fraction of sp³-hybridized carbons (Fsp3) is 0.778. The molecule has 0 saturated carbocycles. The fourth-order valence-electron chi connectivity index (χ4n) is 1.76. The molecule has 2 heterocycles. The van der Waals surface area contributed by atoms with Gasteiger partial charge in [0, 0.05) is 19.5 Å². The van der Waals surface area contributed by atoms with E-state index in [1.54, 1.807) is 4.90 Å². The molecule has 0 unspecified atom stereocenters. The topological polar surface area (TPSA) is 62.1 Å². The maximum absolute atomic E-state index is 11.7. The van der Waals surface area contributed by atoms with Crippen LogP contribution in [0.15, 0.2) is 5.16 Å². The predicted octanol–water partition coefficient (Wildman–Crippen LogP) is -0.254. The SMILES string of the molecule is O=C(C1=NO[C@@H](CO)C1)N1CCCC1.